The Labute approximate surface area is 77.1 Å². The van der Waals surface area contributed by atoms with Crippen molar-refractivity contribution in [2.75, 3.05) is 18.1 Å². The van der Waals surface area contributed by atoms with Gasteiger partial charge in [-0.25, -0.2) is 5.43 Å². The minimum Gasteiger partial charge on any atom is -0.308 e. The van der Waals surface area contributed by atoms with Gasteiger partial charge in [-0.05, 0) is 24.6 Å². The van der Waals surface area contributed by atoms with E-state index in [4.69, 9.17) is 11.6 Å². The fourth-order valence-corrected chi connectivity index (χ4v) is 1.58. The average molecular weight is 183 g/mol. The first-order valence-corrected chi connectivity index (χ1v) is 4.51. The molecule has 0 saturated carbocycles. The highest BCUT2D eigenvalue weighted by atomic mass is 35.5. The summed E-state index contributed by atoms with van der Waals surface area (Å²) in [4.78, 5) is 0. The smallest absolute Gasteiger partial charge is 0.0534 e. The summed E-state index contributed by atoms with van der Waals surface area (Å²) in [5, 5.41) is 2.92. The Bertz CT molecular complexity index is 269. The van der Waals surface area contributed by atoms with E-state index in [0.717, 1.165) is 23.8 Å². The molecule has 3 heteroatoms. The van der Waals surface area contributed by atoms with Crippen molar-refractivity contribution >= 4 is 17.3 Å². The van der Waals surface area contributed by atoms with E-state index < -0.39 is 0 Å². The molecule has 1 fully saturated rings. The molecule has 1 aromatic rings. The van der Waals surface area contributed by atoms with E-state index in [1.807, 2.05) is 18.2 Å². The standard InChI is InChI=1S/C9H11ClN2/c10-8-3-1-4-9(7-8)12-6-2-5-11-12/h1,3-4,7,11H,2,5-6H2. The Balaban J connectivity index is 2.21. The van der Waals surface area contributed by atoms with Gasteiger partial charge in [-0.3, -0.25) is 0 Å². The number of nitrogens with zero attached hydrogens (tertiary/aromatic N) is 1. The first-order valence-electron chi connectivity index (χ1n) is 4.13. The van der Waals surface area contributed by atoms with Gasteiger partial charge in [0.1, 0.15) is 0 Å². The molecule has 1 aliphatic rings. The predicted octanol–water partition coefficient (Wildman–Crippen LogP) is 2.05. The van der Waals surface area contributed by atoms with Crippen molar-refractivity contribution in [1.29, 1.82) is 0 Å². The lowest BCUT2D eigenvalue weighted by Gasteiger charge is -2.17. The van der Waals surface area contributed by atoms with Crippen molar-refractivity contribution < 1.29 is 0 Å². The van der Waals surface area contributed by atoms with Gasteiger partial charge >= 0.3 is 0 Å². The Morgan fingerprint density at radius 1 is 1.42 bits per heavy atom. The highest BCUT2D eigenvalue weighted by molar-refractivity contribution is 6.30. The predicted molar refractivity (Wildman–Crippen MR) is 51.4 cm³/mol. The maximum Gasteiger partial charge on any atom is 0.0534 e. The third-order valence-corrected chi connectivity index (χ3v) is 2.22. The van der Waals surface area contributed by atoms with Crippen LogP contribution in [0.25, 0.3) is 0 Å². The molecular formula is C9H11ClN2. The Morgan fingerprint density at radius 2 is 2.33 bits per heavy atom. The van der Waals surface area contributed by atoms with Crippen molar-refractivity contribution in [1.82, 2.24) is 5.43 Å². The second-order valence-electron chi connectivity index (χ2n) is 2.89. The SMILES string of the molecule is Clc1cccc(N2CCCN2)c1. The van der Waals surface area contributed by atoms with E-state index in [1.165, 1.54) is 6.42 Å². The lowest BCUT2D eigenvalue weighted by molar-refractivity contribution is 0.787. The zero-order valence-corrected chi connectivity index (χ0v) is 7.51. The minimum atomic E-state index is 0.793. The molecule has 2 rings (SSSR count). The number of halogens is 1. The third-order valence-electron chi connectivity index (χ3n) is 1.98. The first-order chi connectivity index (χ1) is 5.86. The van der Waals surface area contributed by atoms with E-state index in [0.29, 0.717) is 0 Å². The van der Waals surface area contributed by atoms with Gasteiger partial charge in [-0.15, -0.1) is 0 Å². The summed E-state index contributed by atoms with van der Waals surface area (Å²) < 4.78 is 0. The van der Waals surface area contributed by atoms with Crippen LogP contribution in [0.4, 0.5) is 5.69 Å². The fraction of sp³-hybridized carbons (Fsp3) is 0.333. The van der Waals surface area contributed by atoms with Crippen molar-refractivity contribution in [3.63, 3.8) is 0 Å². The van der Waals surface area contributed by atoms with Crippen LogP contribution in [0.1, 0.15) is 6.42 Å². The van der Waals surface area contributed by atoms with E-state index in [1.54, 1.807) is 0 Å². The summed E-state index contributed by atoms with van der Waals surface area (Å²) in [6.07, 6.45) is 1.20. The molecule has 64 valence electrons. The summed E-state index contributed by atoms with van der Waals surface area (Å²) in [5.74, 6) is 0. The summed E-state index contributed by atoms with van der Waals surface area (Å²) in [6, 6.07) is 7.89. The van der Waals surface area contributed by atoms with Crippen LogP contribution in [0, 0.1) is 0 Å². The lowest BCUT2D eigenvalue weighted by atomic mass is 10.3. The maximum atomic E-state index is 5.87. The molecular weight excluding hydrogens is 172 g/mol. The second-order valence-corrected chi connectivity index (χ2v) is 3.33. The third kappa shape index (κ3) is 1.54. The van der Waals surface area contributed by atoms with Crippen molar-refractivity contribution in [3.05, 3.63) is 29.3 Å². The molecule has 1 N–H and O–H groups in total. The summed E-state index contributed by atoms with van der Waals surface area (Å²) in [7, 11) is 0. The summed E-state index contributed by atoms with van der Waals surface area (Å²) in [5.41, 5.74) is 4.43. The zero-order chi connectivity index (χ0) is 8.39. The molecule has 12 heavy (non-hydrogen) atoms. The quantitative estimate of drug-likeness (QED) is 0.715. The van der Waals surface area contributed by atoms with Crippen LogP contribution in [0.5, 0.6) is 0 Å². The van der Waals surface area contributed by atoms with Crippen molar-refractivity contribution in [3.8, 4) is 0 Å². The van der Waals surface area contributed by atoms with E-state index in [2.05, 4.69) is 16.5 Å². The molecule has 0 aromatic heterocycles. The molecule has 1 saturated heterocycles. The number of hydrazine groups is 1. The molecule has 0 bridgehead atoms. The number of nitrogens with one attached hydrogen (secondary N) is 1. The molecule has 2 nitrogen and oxygen atoms in total. The highest BCUT2D eigenvalue weighted by Crippen LogP contribution is 2.19. The molecule has 0 unspecified atom stereocenters. The van der Waals surface area contributed by atoms with Crippen LogP contribution >= 0.6 is 11.6 Å². The van der Waals surface area contributed by atoms with Gasteiger partial charge in [-0.2, -0.15) is 0 Å². The topological polar surface area (TPSA) is 15.3 Å². The first kappa shape index (κ1) is 7.90. The van der Waals surface area contributed by atoms with Crippen LogP contribution in [-0.4, -0.2) is 13.1 Å². The van der Waals surface area contributed by atoms with Crippen molar-refractivity contribution in [2.24, 2.45) is 0 Å². The van der Waals surface area contributed by atoms with Crippen LogP contribution in [-0.2, 0) is 0 Å². The van der Waals surface area contributed by atoms with E-state index in [-0.39, 0.29) is 0 Å². The molecule has 1 aliphatic heterocycles. The largest absolute Gasteiger partial charge is 0.308 e. The number of rotatable bonds is 1. The number of hydrogen-bond donors (Lipinski definition) is 1. The van der Waals surface area contributed by atoms with E-state index in [9.17, 15) is 0 Å². The summed E-state index contributed by atoms with van der Waals surface area (Å²) >= 11 is 5.87. The molecule has 0 radical (unpaired) electrons. The Morgan fingerprint density at radius 3 is 3.00 bits per heavy atom. The monoisotopic (exact) mass is 182 g/mol. The second kappa shape index (κ2) is 3.33. The molecule has 0 amide bonds. The van der Waals surface area contributed by atoms with Gasteiger partial charge in [0.05, 0.1) is 5.69 Å². The van der Waals surface area contributed by atoms with Gasteiger partial charge in [0.15, 0.2) is 0 Å². The van der Waals surface area contributed by atoms with Gasteiger partial charge in [-0.1, -0.05) is 17.7 Å². The highest BCUT2D eigenvalue weighted by Gasteiger charge is 2.10. The number of anilines is 1. The lowest BCUT2D eigenvalue weighted by Crippen LogP contribution is -2.30. The van der Waals surface area contributed by atoms with Crippen molar-refractivity contribution in [2.45, 2.75) is 6.42 Å². The van der Waals surface area contributed by atoms with Crippen LogP contribution in [0.2, 0.25) is 5.02 Å². The maximum absolute atomic E-state index is 5.87. The number of hydrogen-bond acceptors (Lipinski definition) is 2. The van der Waals surface area contributed by atoms with E-state index >= 15 is 0 Å². The van der Waals surface area contributed by atoms with Gasteiger partial charge in [0.2, 0.25) is 0 Å². The zero-order valence-electron chi connectivity index (χ0n) is 6.76. The van der Waals surface area contributed by atoms with Gasteiger partial charge in [0.25, 0.3) is 0 Å². The average Bonchev–Trinajstić information content (AvgIpc) is 2.56. The molecule has 1 aromatic carbocycles. The van der Waals surface area contributed by atoms with Gasteiger partial charge in [0, 0.05) is 18.1 Å². The van der Waals surface area contributed by atoms with Crippen LogP contribution in [0.15, 0.2) is 24.3 Å². The van der Waals surface area contributed by atoms with Gasteiger partial charge < -0.3 is 5.01 Å². The molecule has 0 spiro atoms. The fourth-order valence-electron chi connectivity index (χ4n) is 1.39. The molecule has 1 heterocycles. The Hall–Kier alpha value is -0.730. The summed E-state index contributed by atoms with van der Waals surface area (Å²) in [6.45, 7) is 2.13. The molecule has 0 atom stereocenters. The molecule has 0 aliphatic carbocycles. The Kier molecular flexibility index (Phi) is 2.19. The van der Waals surface area contributed by atoms with Crippen LogP contribution in [0.3, 0.4) is 0 Å². The minimum absolute atomic E-state index is 0.793. The van der Waals surface area contributed by atoms with Crippen LogP contribution < -0.4 is 10.4 Å². The normalized spacial score (nSPS) is 16.9. The number of benzene rings is 1.